The largest absolute Gasteiger partial charge is 0.376 e. The van der Waals surface area contributed by atoms with Crippen molar-refractivity contribution in [1.29, 1.82) is 0 Å². The normalized spacial score (nSPS) is 20.1. The first-order valence-corrected chi connectivity index (χ1v) is 7.48. The maximum Gasteiger partial charge on any atom is 0.130 e. The molecule has 0 saturated carbocycles. The van der Waals surface area contributed by atoms with Gasteiger partial charge in [0.2, 0.25) is 0 Å². The maximum absolute atomic E-state index is 14.2. The number of hydrogen-bond donors (Lipinski definition) is 1. The van der Waals surface area contributed by atoms with Gasteiger partial charge in [-0.3, -0.25) is 0 Å². The molecule has 20 heavy (non-hydrogen) atoms. The lowest BCUT2D eigenvalue weighted by atomic mass is 10.0. The van der Waals surface area contributed by atoms with Crippen LogP contribution in [0.2, 0.25) is 0 Å². The van der Waals surface area contributed by atoms with E-state index in [0.717, 1.165) is 43.8 Å². The molecule has 1 aliphatic heterocycles. The zero-order chi connectivity index (χ0) is 14.5. The summed E-state index contributed by atoms with van der Waals surface area (Å²) < 4.78 is 19.9. The second-order valence-corrected chi connectivity index (χ2v) is 5.47. The van der Waals surface area contributed by atoms with E-state index in [1.807, 2.05) is 27.0 Å². The summed E-state index contributed by atoms with van der Waals surface area (Å²) in [7, 11) is 2.01. The van der Waals surface area contributed by atoms with Crippen molar-refractivity contribution in [3.63, 3.8) is 0 Å². The molecule has 0 amide bonds. The standard InChI is InChI=1S/C16H25FN2O/c1-4-18-12(2)16-14(17)8-5-9-15(16)19(3)11-13-7-6-10-20-13/h5,8-9,12-13,18H,4,6-7,10-11H2,1-3H3. The predicted molar refractivity (Wildman–Crippen MR) is 80.7 cm³/mol. The monoisotopic (exact) mass is 280 g/mol. The molecule has 0 spiro atoms. The van der Waals surface area contributed by atoms with Crippen LogP contribution in [-0.4, -0.2) is 32.8 Å². The van der Waals surface area contributed by atoms with Crippen LogP contribution in [0.3, 0.4) is 0 Å². The number of benzene rings is 1. The first-order valence-electron chi connectivity index (χ1n) is 7.48. The molecule has 1 N–H and O–H groups in total. The van der Waals surface area contributed by atoms with Crippen molar-refractivity contribution in [1.82, 2.24) is 5.32 Å². The van der Waals surface area contributed by atoms with Gasteiger partial charge in [-0.2, -0.15) is 0 Å². The van der Waals surface area contributed by atoms with Gasteiger partial charge in [0.15, 0.2) is 0 Å². The molecule has 2 unspecified atom stereocenters. The molecular formula is C16H25FN2O. The molecule has 1 aliphatic rings. The average Bonchev–Trinajstić information content (AvgIpc) is 2.91. The van der Waals surface area contributed by atoms with Crippen molar-refractivity contribution in [3.8, 4) is 0 Å². The fourth-order valence-corrected chi connectivity index (χ4v) is 2.89. The van der Waals surface area contributed by atoms with Crippen LogP contribution >= 0.6 is 0 Å². The van der Waals surface area contributed by atoms with Crippen LogP contribution < -0.4 is 10.2 Å². The van der Waals surface area contributed by atoms with Gasteiger partial charge in [-0.1, -0.05) is 13.0 Å². The molecule has 0 aromatic heterocycles. The number of rotatable bonds is 6. The van der Waals surface area contributed by atoms with Crippen molar-refractivity contribution in [3.05, 3.63) is 29.6 Å². The third-order valence-corrected chi connectivity index (χ3v) is 3.89. The van der Waals surface area contributed by atoms with Crippen LogP contribution in [0, 0.1) is 5.82 Å². The number of likely N-dealkylation sites (N-methyl/N-ethyl adjacent to an activating group) is 1. The molecule has 2 rings (SSSR count). The summed E-state index contributed by atoms with van der Waals surface area (Å²) in [6.07, 6.45) is 2.49. The Bertz CT molecular complexity index is 432. The molecule has 3 nitrogen and oxygen atoms in total. The molecule has 2 atom stereocenters. The van der Waals surface area contributed by atoms with E-state index in [0.29, 0.717) is 0 Å². The van der Waals surface area contributed by atoms with Crippen LogP contribution in [0.25, 0.3) is 0 Å². The van der Waals surface area contributed by atoms with E-state index in [9.17, 15) is 4.39 Å². The van der Waals surface area contributed by atoms with Crippen molar-refractivity contribution < 1.29 is 9.13 Å². The lowest BCUT2D eigenvalue weighted by Crippen LogP contribution is -2.31. The number of halogens is 1. The molecule has 4 heteroatoms. The number of hydrogen-bond acceptors (Lipinski definition) is 3. The minimum Gasteiger partial charge on any atom is -0.376 e. The lowest BCUT2D eigenvalue weighted by Gasteiger charge is -2.27. The van der Waals surface area contributed by atoms with Crippen molar-refractivity contribution >= 4 is 5.69 Å². The van der Waals surface area contributed by atoms with Crippen molar-refractivity contribution in [2.45, 2.75) is 38.8 Å². The van der Waals surface area contributed by atoms with Gasteiger partial charge >= 0.3 is 0 Å². The second kappa shape index (κ2) is 7.04. The summed E-state index contributed by atoms with van der Waals surface area (Å²) >= 11 is 0. The molecule has 1 saturated heterocycles. The van der Waals surface area contributed by atoms with E-state index in [4.69, 9.17) is 4.74 Å². The highest BCUT2D eigenvalue weighted by atomic mass is 19.1. The maximum atomic E-state index is 14.2. The highest BCUT2D eigenvalue weighted by Crippen LogP contribution is 2.29. The molecule has 0 radical (unpaired) electrons. The van der Waals surface area contributed by atoms with Gasteiger partial charge in [-0.15, -0.1) is 0 Å². The smallest absolute Gasteiger partial charge is 0.130 e. The van der Waals surface area contributed by atoms with Gasteiger partial charge in [-0.05, 0) is 38.4 Å². The highest BCUT2D eigenvalue weighted by Gasteiger charge is 2.21. The minimum absolute atomic E-state index is 0.00291. The van der Waals surface area contributed by atoms with Gasteiger partial charge in [0.25, 0.3) is 0 Å². The SMILES string of the molecule is CCNC(C)c1c(F)cccc1N(C)CC1CCCO1. The molecule has 1 fully saturated rings. The molecule has 112 valence electrons. The van der Waals surface area contributed by atoms with Crippen molar-refractivity contribution in [2.24, 2.45) is 0 Å². The van der Waals surface area contributed by atoms with Gasteiger partial charge in [-0.25, -0.2) is 4.39 Å². The van der Waals surface area contributed by atoms with E-state index in [1.54, 1.807) is 6.07 Å². The Morgan fingerprint density at radius 1 is 1.50 bits per heavy atom. The number of ether oxygens (including phenoxy) is 1. The van der Waals surface area contributed by atoms with Gasteiger partial charge in [0.1, 0.15) is 5.82 Å². The number of nitrogens with one attached hydrogen (secondary N) is 1. The van der Waals surface area contributed by atoms with Crippen LogP contribution in [0.15, 0.2) is 18.2 Å². The molecular weight excluding hydrogens is 255 g/mol. The molecule has 0 aliphatic carbocycles. The minimum atomic E-state index is -0.143. The van der Waals surface area contributed by atoms with Crippen LogP contribution in [0.5, 0.6) is 0 Å². The van der Waals surface area contributed by atoms with E-state index < -0.39 is 0 Å². The fraction of sp³-hybridized carbons (Fsp3) is 0.625. The van der Waals surface area contributed by atoms with Crippen LogP contribution in [0.4, 0.5) is 10.1 Å². The Morgan fingerprint density at radius 2 is 2.30 bits per heavy atom. The van der Waals surface area contributed by atoms with E-state index in [-0.39, 0.29) is 18.0 Å². The van der Waals surface area contributed by atoms with Gasteiger partial charge in [0.05, 0.1) is 6.10 Å². The zero-order valence-electron chi connectivity index (χ0n) is 12.7. The Labute approximate surface area is 121 Å². The Hall–Kier alpha value is -1.13. The lowest BCUT2D eigenvalue weighted by molar-refractivity contribution is 0.116. The van der Waals surface area contributed by atoms with Gasteiger partial charge in [0, 0.05) is 37.5 Å². The quantitative estimate of drug-likeness (QED) is 0.866. The summed E-state index contributed by atoms with van der Waals surface area (Å²) in [5, 5.41) is 3.29. The Kier molecular flexibility index (Phi) is 5.38. The highest BCUT2D eigenvalue weighted by molar-refractivity contribution is 5.55. The van der Waals surface area contributed by atoms with E-state index in [2.05, 4.69) is 10.2 Å². The molecule has 1 aromatic carbocycles. The first kappa shape index (κ1) is 15.3. The fourth-order valence-electron chi connectivity index (χ4n) is 2.89. The molecule has 0 bridgehead atoms. The predicted octanol–water partition coefficient (Wildman–Crippen LogP) is 3.11. The second-order valence-electron chi connectivity index (χ2n) is 5.47. The van der Waals surface area contributed by atoms with E-state index in [1.165, 1.54) is 6.07 Å². The summed E-state index contributed by atoms with van der Waals surface area (Å²) in [6.45, 7) is 6.53. The molecule has 1 aromatic rings. The average molecular weight is 280 g/mol. The first-order chi connectivity index (χ1) is 9.63. The topological polar surface area (TPSA) is 24.5 Å². The Balaban J connectivity index is 2.18. The number of nitrogens with zero attached hydrogens (tertiary/aromatic N) is 1. The third-order valence-electron chi connectivity index (χ3n) is 3.89. The Morgan fingerprint density at radius 3 is 2.95 bits per heavy atom. The molecule has 1 heterocycles. The summed E-state index contributed by atoms with van der Waals surface area (Å²) in [5.41, 5.74) is 1.70. The van der Waals surface area contributed by atoms with E-state index >= 15 is 0 Å². The summed E-state index contributed by atoms with van der Waals surface area (Å²) in [5.74, 6) is -0.143. The van der Waals surface area contributed by atoms with Gasteiger partial charge < -0.3 is 15.0 Å². The summed E-state index contributed by atoms with van der Waals surface area (Å²) in [4.78, 5) is 2.11. The van der Waals surface area contributed by atoms with Crippen LogP contribution in [-0.2, 0) is 4.74 Å². The zero-order valence-corrected chi connectivity index (χ0v) is 12.7. The third kappa shape index (κ3) is 3.49. The number of anilines is 1. The van der Waals surface area contributed by atoms with Crippen LogP contribution in [0.1, 0.15) is 38.3 Å². The summed E-state index contributed by atoms with van der Waals surface area (Å²) in [6, 6.07) is 5.30. The van der Waals surface area contributed by atoms with Crippen molar-refractivity contribution in [2.75, 3.05) is 31.6 Å².